The minimum Gasteiger partial charge on any atom is -0.312 e. The Balaban J connectivity index is 2.04. The van der Waals surface area contributed by atoms with Gasteiger partial charge in [0.25, 0.3) is 0 Å². The molecule has 0 unspecified atom stereocenters. The van der Waals surface area contributed by atoms with Crippen molar-refractivity contribution in [3.05, 3.63) is 6.54 Å². The molecule has 1 nitrogen and oxygen atoms in total. The first-order valence-electron chi connectivity index (χ1n) is 3.99. The van der Waals surface area contributed by atoms with Crippen LogP contribution in [0, 0.1) is 12.0 Å². The Labute approximate surface area is 56.8 Å². The minimum atomic E-state index is 0.653. The Morgan fingerprint density at radius 1 is 1.11 bits per heavy atom. The lowest BCUT2D eigenvalue weighted by Crippen LogP contribution is -2.13. The lowest BCUT2D eigenvalue weighted by Gasteiger charge is -2.19. The van der Waals surface area contributed by atoms with Crippen molar-refractivity contribution in [1.29, 1.82) is 0 Å². The summed E-state index contributed by atoms with van der Waals surface area (Å²) in [4.78, 5) is 0. The molecule has 2 fully saturated rings. The van der Waals surface area contributed by atoms with Crippen molar-refractivity contribution in [2.24, 2.45) is 5.41 Å². The Morgan fingerprint density at radius 2 is 1.89 bits per heavy atom. The molecule has 0 aromatic carbocycles. The third kappa shape index (κ3) is 0.877. The van der Waals surface area contributed by atoms with Gasteiger partial charge in [-0.25, -0.2) is 0 Å². The monoisotopic (exact) mass is 124 g/mol. The summed E-state index contributed by atoms with van der Waals surface area (Å²) in [6.07, 6.45) is 7.20. The van der Waals surface area contributed by atoms with Gasteiger partial charge in [0.1, 0.15) is 0 Å². The molecule has 1 aliphatic heterocycles. The van der Waals surface area contributed by atoms with Crippen LogP contribution in [0.25, 0.3) is 0 Å². The van der Waals surface area contributed by atoms with Crippen LogP contribution in [-0.4, -0.2) is 6.54 Å². The lowest BCUT2D eigenvalue weighted by atomic mass is 9.86. The first-order valence-corrected chi connectivity index (χ1v) is 3.99. The first-order chi connectivity index (χ1) is 4.41. The maximum atomic E-state index is 3.33. The standard InChI is InChI=1S/C8H14N/c1-2-4-8(3-1)5-6-9-7-8/h7,9H,1-6H2. The number of nitrogens with one attached hydrogen (secondary N) is 1. The van der Waals surface area contributed by atoms with Gasteiger partial charge in [0.05, 0.1) is 0 Å². The van der Waals surface area contributed by atoms with E-state index in [1.54, 1.807) is 0 Å². The Bertz CT molecular complexity index is 79.6. The predicted molar refractivity (Wildman–Crippen MR) is 37.8 cm³/mol. The Kier molecular flexibility index (Phi) is 1.26. The molecule has 2 rings (SSSR count). The van der Waals surface area contributed by atoms with Crippen LogP contribution in [0.15, 0.2) is 0 Å². The van der Waals surface area contributed by atoms with Crippen molar-refractivity contribution >= 4 is 0 Å². The van der Waals surface area contributed by atoms with E-state index in [0.717, 1.165) is 0 Å². The Morgan fingerprint density at radius 3 is 2.44 bits per heavy atom. The second-order valence-corrected chi connectivity index (χ2v) is 3.42. The normalized spacial score (nSPS) is 32.0. The maximum Gasteiger partial charge on any atom is 0.0283 e. The van der Waals surface area contributed by atoms with Crippen molar-refractivity contribution in [2.45, 2.75) is 32.1 Å². The summed E-state index contributed by atoms with van der Waals surface area (Å²) in [6.45, 7) is 3.57. The van der Waals surface area contributed by atoms with E-state index in [1.807, 2.05) is 0 Å². The van der Waals surface area contributed by atoms with Gasteiger partial charge in [-0.3, -0.25) is 0 Å². The van der Waals surface area contributed by atoms with Gasteiger partial charge in [0.2, 0.25) is 0 Å². The van der Waals surface area contributed by atoms with Gasteiger partial charge in [0, 0.05) is 6.54 Å². The van der Waals surface area contributed by atoms with Crippen LogP contribution in [0.3, 0.4) is 0 Å². The first kappa shape index (κ1) is 5.72. The molecule has 0 bridgehead atoms. The molecule has 2 aliphatic rings. The highest BCUT2D eigenvalue weighted by molar-refractivity contribution is 4.99. The molecule has 51 valence electrons. The van der Waals surface area contributed by atoms with E-state index in [9.17, 15) is 0 Å². The van der Waals surface area contributed by atoms with Gasteiger partial charge in [0.15, 0.2) is 0 Å². The molecule has 1 saturated heterocycles. The fraction of sp³-hybridized carbons (Fsp3) is 0.875. The minimum absolute atomic E-state index is 0.653. The molecule has 1 heterocycles. The summed E-state index contributed by atoms with van der Waals surface area (Å²) in [5, 5.41) is 3.33. The second-order valence-electron chi connectivity index (χ2n) is 3.42. The molecule has 1 heteroatoms. The van der Waals surface area contributed by atoms with Gasteiger partial charge in [-0.05, 0) is 31.2 Å². The molecule has 0 amide bonds. The summed E-state index contributed by atoms with van der Waals surface area (Å²) in [7, 11) is 0. The van der Waals surface area contributed by atoms with Gasteiger partial charge in [-0.1, -0.05) is 12.8 Å². The van der Waals surface area contributed by atoms with Crippen LogP contribution in [0.4, 0.5) is 0 Å². The summed E-state index contributed by atoms with van der Waals surface area (Å²) in [6, 6.07) is 0. The zero-order chi connectivity index (χ0) is 6.16. The average molecular weight is 124 g/mol. The van der Waals surface area contributed by atoms with Crippen molar-refractivity contribution in [3.63, 3.8) is 0 Å². The van der Waals surface area contributed by atoms with Crippen molar-refractivity contribution < 1.29 is 0 Å². The molecule has 1 saturated carbocycles. The lowest BCUT2D eigenvalue weighted by molar-refractivity contribution is 0.379. The fourth-order valence-corrected chi connectivity index (χ4v) is 2.16. The molecule has 1 N–H and O–H groups in total. The summed E-state index contributed by atoms with van der Waals surface area (Å²) >= 11 is 0. The van der Waals surface area contributed by atoms with Crippen LogP contribution in [0.2, 0.25) is 0 Å². The smallest absolute Gasteiger partial charge is 0.0283 e. The molecule has 1 aliphatic carbocycles. The van der Waals surface area contributed by atoms with Gasteiger partial charge < -0.3 is 5.32 Å². The molecular formula is C8H14N. The zero-order valence-corrected chi connectivity index (χ0v) is 5.82. The molecule has 1 spiro atoms. The summed E-state index contributed by atoms with van der Waals surface area (Å²) in [5.41, 5.74) is 0.653. The van der Waals surface area contributed by atoms with E-state index >= 15 is 0 Å². The number of hydrogen-bond acceptors (Lipinski definition) is 1. The topological polar surface area (TPSA) is 12.0 Å². The van der Waals surface area contributed by atoms with Crippen LogP contribution in [0.1, 0.15) is 32.1 Å². The highest BCUT2D eigenvalue weighted by Crippen LogP contribution is 2.44. The highest BCUT2D eigenvalue weighted by Gasteiger charge is 2.36. The summed E-state index contributed by atoms with van der Waals surface area (Å²) in [5.74, 6) is 0. The SMILES string of the molecule is [CH]1NCCC12CCCC2. The average Bonchev–Trinajstić information content (AvgIpc) is 2.45. The van der Waals surface area contributed by atoms with Crippen molar-refractivity contribution in [2.75, 3.05) is 6.54 Å². The zero-order valence-electron chi connectivity index (χ0n) is 5.82. The van der Waals surface area contributed by atoms with E-state index in [0.29, 0.717) is 5.41 Å². The third-order valence-electron chi connectivity index (χ3n) is 2.77. The van der Waals surface area contributed by atoms with Gasteiger partial charge in [-0.2, -0.15) is 0 Å². The fourth-order valence-electron chi connectivity index (χ4n) is 2.16. The van der Waals surface area contributed by atoms with Crippen molar-refractivity contribution in [1.82, 2.24) is 5.32 Å². The third-order valence-corrected chi connectivity index (χ3v) is 2.77. The van der Waals surface area contributed by atoms with Gasteiger partial charge in [-0.15, -0.1) is 0 Å². The van der Waals surface area contributed by atoms with E-state index in [2.05, 4.69) is 11.9 Å². The second kappa shape index (κ2) is 1.98. The van der Waals surface area contributed by atoms with Gasteiger partial charge >= 0.3 is 0 Å². The highest BCUT2D eigenvalue weighted by atomic mass is 14.9. The van der Waals surface area contributed by atoms with E-state index in [4.69, 9.17) is 0 Å². The van der Waals surface area contributed by atoms with Crippen LogP contribution >= 0.6 is 0 Å². The molecule has 9 heavy (non-hydrogen) atoms. The van der Waals surface area contributed by atoms with Crippen LogP contribution in [-0.2, 0) is 0 Å². The number of rotatable bonds is 0. The summed E-state index contributed by atoms with van der Waals surface area (Å²) < 4.78 is 0. The van der Waals surface area contributed by atoms with E-state index in [-0.39, 0.29) is 0 Å². The van der Waals surface area contributed by atoms with E-state index < -0.39 is 0 Å². The molecule has 0 atom stereocenters. The maximum absolute atomic E-state index is 3.33. The quantitative estimate of drug-likeness (QED) is 0.518. The van der Waals surface area contributed by atoms with Crippen LogP contribution < -0.4 is 5.32 Å². The molecule has 0 aromatic heterocycles. The number of hydrogen-bond donors (Lipinski definition) is 1. The van der Waals surface area contributed by atoms with Crippen molar-refractivity contribution in [3.8, 4) is 0 Å². The predicted octanol–water partition coefficient (Wildman–Crippen LogP) is 1.70. The molecule has 0 aromatic rings. The largest absolute Gasteiger partial charge is 0.312 e. The van der Waals surface area contributed by atoms with E-state index in [1.165, 1.54) is 38.6 Å². The molecular weight excluding hydrogens is 110 g/mol. The Hall–Kier alpha value is -0.0400. The van der Waals surface area contributed by atoms with Crippen LogP contribution in [0.5, 0.6) is 0 Å². The molecule has 1 radical (unpaired) electrons.